The molecule has 0 saturated carbocycles. The highest BCUT2D eigenvalue weighted by Gasteiger charge is 2.31. The van der Waals surface area contributed by atoms with Crippen molar-refractivity contribution in [2.24, 2.45) is 0 Å². The predicted molar refractivity (Wildman–Crippen MR) is 76.4 cm³/mol. The van der Waals surface area contributed by atoms with Gasteiger partial charge in [-0.3, -0.25) is 0 Å². The Kier molecular flexibility index (Phi) is 4.64. The minimum Gasteiger partial charge on any atom is -0.461 e. The summed E-state index contributed by atoms with van der Waals surface area (Å²) < 4.78 is 44.0. The number of halogens is 4. The number of benzene rings is 1. The predicted octanol–water partition coefficient (Wildman–Crippen LogP) is 4.77. The van der Waals surface area contributed by atoms with E-state index in [1.54, 1.807) is 12.1 Å². The smallest absolute Gasteiger partial charge is 0.416 e. The molecule has 1 aromatic heterocycles. The molecule has 1 heterocycles. The van der Waals surface area contributed by atoms with Gasteiger partial charge in [-0.1, -0.05) is 11.6 Å². The minimum absolute atomic E-state index is 0.0290. The summed E-state index contributed by atoms with van der Waals surface area (Å²) in [4.78, 5) is 0. The van der Waals surface area contributed by atoms with Crippen molar-refractivity contribution in [1.29, 1.82) is 0 Å². The van der Waals surface area contributed by atoms with E-state index in [1.165, 1.54) is 6.07 Å². The fourth-order valence-corrected chi connectivity index (χ4v) is 2.18. The highest BCUT2D eigenvalue weighted by molar-refractivity contribution is 6.30. The molecule has 1 unspecified atom stereocenters. The van der Waals surface area contributed by atoms with Crippen LogP contribution in [0.3, 0.4) is 0 Å². The Morgan fingerprint density at radius 3 is 2.57 bits per heavy atom. The molecule has 1 N–H and O–H groups in total. The molecule has 1 aromatic carbocycles. The maximum absolute atomic E-state index is 12.8. The summed E-state index contributed by atoms with van der Waals surface area (Å²) in [6.45, 7) is 1.99. The van der Waals surface area contributed by atoms with Gasteiger partial charge in [0.25, 0.3) is 0 Å². The van der Waals surface area contributed by atoms with Gasteiger partial charge in [-0.05, 0) is 44.3 Å². The normalized spacial score (nSPS) is 13.4. The second kappa shape index (κ2) is 6.12. The summed E-state index contributed by atoms with van der Waals surface area (Å²) in [5.74, 6) is 1.08. The molecule has 0 spiro atoms. The van der Waals surface area contributed by atoms with E-state index in [4.69, 9.17) is 16.0 Å². The van der Waals surface area contributed by atoms with E-state index >= 15 is 0 Å². The minimum atomic E-state index is -4.43. The van der Waals surface area contributed by atoms with Crippen LogP contribution in [0.25, 0.3) is 11.3 Å². The van der Waals surface area contributed by atoms with Crippen molar-refractivity contribution in [3.8, 4) is 11.3 Å². The van der Waals surface area contributed by atoms with E-state index in [9.17, 15) is 13.2 Å². The number of rotatable bonds is 4. The highest BCUT2D eigenvalue weighted by Crippen LogP contribution is 2.35. The molecule has 0 aliphatic carbocycles. The molecule has 2 rings (SSSR count). The van der Waals surface area contributed by atoms with Crippen LogP contribution in [0.5, 0.6) is 0 Å². The van der Waals surface area contributed by atoms with Gasteiger partial charge >= 0.3 is 6.18 Å². The van der Waals surface area contributed by atoms with Gasteiger partial charge in [-0.25, -0.2) is 0 Å². The first-order valence-electron chi connectivity index (χ1n) is 6.43. The Hall–Kier alpha value is -1.46. The van der Waals surface area contributed by atoms with Gasteiger partial charge < -0.3 is 9.73 Å². The summed E-state index contributed by atoms with van der Waals surface area (Å²) in [7, 11) is 1.83. The first-order chi connectivity index (χ1) is 9.79. The van der Waals surface area contributed by atoms with Gasteiger partial charge in [0.2, 0.25) is 0 Å². The van der Waals surface area contributed by atoms with Crippen LogP contribution in [-0.2, 0) is 12.6 Å². The second-order valence-corrected chi connectivity index (χ2v) is 5.32. The van der Waals surface area contributed by atoms with Gasteiger partial charge in [-0.15, -0.1) is 0 Å². The fourth-order valence-electron chi connectivity index (χ4n) is 1.94. The Morgan fingerprint density at radius 1 is 1.24 bits per heavy atom. The van der Waals surface area contributed by atoms with Crippen LogP contribution in [0.15, 0.2) is 34.7 Å². The molecule has 2 aromatic rings. The molecular weight excluding hydrogens is 303 g/mol. The second-order valence-electron chi connectivity index (χ2n) is 4.89. The van der Waals surface area contributed by atoms with Gasteiger partial charge in [0.1, 0.15) is 11.5 Å². The number of nitrogens with one attached hydrogen (secondary N) is 1. The summed E-state index contributed by atoms with van der Waals surface area (Å²) in [5, 5.41) is 3.10. The molecule has 6 heteroatoms. The quantitative estimate of drug-likeness (QED) is 0.878. The average Bonchev–Trinajstić information content (AvgIpc) is 2.85. The molecule has 0 radical (unpaired) electrons. The number of likely N-dealkylation sites (N-methyl/N-ethyl adjacent to an activating group) is 1. The summed E-state index contributed by atoms with van der Waals surface area (Å²) in [6.07, 6.45) is -3.78. The number of alkyl halides is 3. The molecule has 0 aliphatic rings. The van der Waals surface area contributed by atoms with Crippen LogP contribution in [0.4, 0.5) is 13.2 Å². The molecule has 2 nitrogen and oxygen atoms in total. The topological polar surface area (TPSA) is 25.2 Å². The molecule has 21 heavy (non-hydrogen) atoms. The average molecular weight is 318 g/mol. The number of hydrogen-bond acceptors (Lipinski definition) is 2. The van der Waals surface area contributed by atoms with Crippen molar-refractivity contribution in [2.45, 2.75) is 25.6 Å². The van der Waals surface area contributed by atoms with Crippen LogP contribution >= 0.6 is 11.6 Å². The van der Waals surface area contributed by atoms with Crippen molar-refractivity contribution >= 4 is 11.6 Å². The lowest BCUT2D eigenvalue weighted by Gasteiger charge is -2.09. The van der Waals surface area contributed by atoms with Crippen LogP contribution < -0.4 is 5.32 Å². The third-order valence-electron chi connectivity index (χ3n) is 3.17. The Balaban J connectivity index is 2.32. The molecular formula is C15H15ClF3NO. The van der Waals surface area contributed by atoms with Crippen molar-refractivity contribution in [3.05, 3.63) is 46.7 Å². The van der Waals surface area contributed by atoms with Gasteiger partial charge in [-0.2, -0.15) is 13.2 Å². The maximum Gasteiger partial charge on any atom is 0.416 e. The summed E-state index contributed by atoms with van der Waals surface area (Å²) in [5.41, 5.74) is -0.468. The first-order valence-corrected chi connectivity index (χ1v) is 6.81. The van der Waals surface area contributed by atoms with Crippen molar-refractivity contribution in [1.82, 2.24) is 5.32 Å². The standard InChI is InChI=1S/C15H15ClF3NO/c1-9(20-2)5-13-3-4-14(21-13)10-6-11(15(17,18)19)8-12(16)7-10/h3-4,6-9,20H,5H2,1-2H3. The van der Waals surface area contributed by atoms with Crippen LogP contribution in [0, 0.1) is 0 Å². The number of furan rings is 1. The van der Waals surface area contributed by atoms with Gasteiger partial charge in [0, 0.05) is 23.0 Å². The first kappa shape index (κ1) is 15.9. The molecule has 0 aliphatic heterocycles. The zero-order valence-corrected chi connectivity index (χ0v) is 12.3. The summed E-state index contributed by atoms with van der Waals surface area (Å²) in [6, 6.07) is 7.03. The lowest BCUT2D eigenvalue weighted by molar-refractivity contribution is -0.137. The van der Waals surface area contributed by atoms with E-state index in [0.29, 0.717) is 23.5 Å². The molecule has 114 valence electrons. The highest BCUT2D eigenvalue weighted by atomic mass is 35.5. The molecule has 0 amide bonds. The Labute approximate surface area is 125 Å². The van der Waals surface area contributed by atoms with Crippen LogP contribution in [0.1, 0.15) is 18.2 Å². The van der Waals surface area contributed by atoms with Gasteiger partial charge in [0.15, 0.2) is 0 Å². The SMILES string of the molecule is CNC(C)Cc1ccc(-c2cc(Cl)cc(C(F)(F)F)c2)o1. The fraction of sp³-hybridized carbons (Fsp3) is 0.333. The van der Waals surface area contributed by atoms with Crippen LogP contribution in [-0.4, -0.2) is 13.1 Å². The maximum atomic E-state index is 12.8. The van der Waals surface area contributed by atoms with Crippen molar-refractivity contribution in [3.63, 3.8) is 0 Å². The monoisotopic (exact) mass is 317 g/mol. The molecule has 0 bridgehead atoms. The van der Waals surface area contributed by atoms with E-state index in [0.717, 1.165) is 12.1 Å². The van der Waals surface area contributed by atoms with Crippen molar-refractivity contribution in [2.75, 3.05) is 7.05 Å². The molecule has 0 saturated heterocycles. The number of hydrogen-bond donors (Lipinski definition) is 1. The zero-order chi connectivity index (χ0) is 15.6. The van der Waals surface area contributed by atoms with Gasteiger partial charge in [0.05, 0.1) is 5.56 Å². The molecule has 1 atom stereocenters. The molecule has 0 fully saturated rings. The largest absolute Gasteiger partial charge is 0.461 e. The third kappa shape index (κ3) is 4.02. The lowest BCUT2D eigenvalue weighted by Crippen LogP contribution is -2.23. The van der Waals surface area contributed by atoms with E-state index in [1.807, 2.05) is 14.0 Å². The lowest BCUT2D eigenvalue weighted by atomic mass is 10.1. The Morgan fingerprint density at radius 2 is 1.95 bits per heavy atom. The van der Waals surface area contributed by atoms with Crippen LogP contribution in [0.2, 0.25) is 5.02 Å². The zero-order valence-electron chi connectivity index (χ0n) is 11.6. The summed E-state index contributed by atoms with van der Waals surface area (Å²) >= 11 is 5.77. The third-order valence-corrected chi connectivity index (χ3v) is 3.39. The van der Waals surface area contributed by atoms with Crippen molar-refractivity contribution < 1.29 is 17.6 Å². The van der Waals surface area contributed by atoms with E-state index < -0.39 is 11.7 Å². The Bertz CT molecular complexity index is 622. The van der Waals surface area contributed by atoms with E-state index in [2.05, 4.69) is 5.32 Å². The van der Waals surface area contributed by atoms with E-state index in [-0.39, 0.29) is 11.1 Å².